The quantitative estimate of drug-likeness (QED) is 0.191. The molecule has 0 rings (SSSR count). The van der Waals surface area contributed by atoms with Crippen molar-refractivity contribution in [2.45, 2.75) is 122 Å². The molecule has 5 nitrogen and oxygen atoms in total. The minimum absolute atomic E-state index is 0. The Morgan fingerprint density at radius 1 is 0.786 bits per heavy atom. The molecule has 0 aromatic heterocycles. The van der Waals surface area contributed by atoms with Gasteiger partial charge in [-0.25, -0.2) is 8.42 Å². The molecule has 1 unspecified atom stereocenters. The predicted octanol–water partition coefficient (Wildman–Crippen LogP) is 2.60. The molecule has 0 aliphatic heterocycles. The van der Waals surface area contributed by atoms with Crippen LogP contribution in [0.1, 0.15) is 117 Å². The van der Waals surface area contributed by atoms with Gasteiger partial charge in [0.1, 0.15) is 15.5 Å². The van der Waals surface area contributed by atoms with Gasteiger partial charge in [-0.1, -0.05) is 96.8 Å². The molecule has 0 saturated heterocycles. The second-order valence-corrected chi connectivity index (χ2v) is 9.46. The fraction of sp³-hybridized carbons (Fsp3) is 0.952. The van der Waals surface area contributed by atoms with Crippen molar-refractivity contribution in [2.75, 3.05) is 7.05 Å². The number of carbonyl (C=O) groups is 1. The molecule has 162 valence electrons. The largest absolute Gasteiger partial charge is 1.00 e. The maximum absolute atomic E-state index is 11.9. The molecule has 0 aliphatic rings. The van der Waals surface area contributed by atoms with Crippen LogP contribution in [0, 0.1) is 0 Å². The second kappa shape index (κ2) is 19.3. The monoisotopic (exact) mass is 427 g/mol. The molecule has 0 aromatic carbocycles. The molecule has 0 spiro atoms. The summed E-state index contributed by atoms with van der Waals surface area (Å²) in [5.41, 5.74) is 0. The molecule has 0 bridgehead atoms. The van der Waals surface area contributed by atoms with Gasteiger partial charge in [-0.15, -0.1) is 0 Å². The molecule has 0 radical (unpaired) electrons. The van der Waals surface area contributed by atoms with Gasteiger partial charge in [-0.2, -0.15) is 0 Å². The van der Waals surface area contributed by atoms with E-state index >= 15 is 0 Å². The first-order chi connectivity index (χ1) is 12.8. The van der Waals surface area contributed by atoms with E-state index in [1.807, 2.05) is 0 Å². The summed E-state index contributed by atoms with van der Waals surface area (Å²) in [6.07, 6.45) is 19.3. The number of unbranched alkanes of at least 4 members (excludes halogenated alkanes) is 14. The van der Waals surface area contributed by atoms with Crippen LogP contribution in [-0.2, 0) is 14.9 Å². The Balaban J connectivity index is 0. The minimum atomic E-state index is -4.45. The summed E-state index contributed by atoms with van der Waals surface area (Å²) in [5, 5.41) is -1.29. The van der Waals surface area contributed by atoms with Crippen LogP contribution in [0.5, 0.6) is 0 Å². The molecular weight excluding hydrogens is 385 g/mol. The number of hydrogen-bond donors (Lipinski definition) is 0. The summed E-state index contributed by atoms with van der Waals surface area (Å²) in [4.78, 5) is 12.9. The second-order valence-electron chi connectivity index (χ2n) is 7.80. The third-order valence-corrected chi connectivity index (χ3v) is 6.50. The van der Waals surface area contributed by atoms with Crippen molar-refractivity contribution >= 4 is 16.0 Å². The van der Waals surface area contributed by atoms with Gasteiger partial charge in [0.25, 0.3) is 0 Å². The molecule has 0 N–H and O–H groups in total. The maximum Gasteiger partial charge on any atom is 1.00 e. The van der Waals surface area contributed by atoms with E-state index in [0.717, 1.165) is 24.2 Å². The van der Waals surface area contributed by atoms with Crippen LogP contribution in [0.4, 0.5) is 0 Å². The minimum Gasteiger partial charge on any atom is -0.746 e. The van der Waals surface area contributed by atoms with Crippen molar-refractivity contribution in [3.8, 4) is 0 Å². The summed E-state index contributed by atoms with van der Waals surface area (Å²) in [6.45, 7) is 3.51. The zero-order valence-electron chi connectivity index (χ0n) is 18.9. The first-order valence-electron chi connectivity index (χ1n) is 11.0. The first-order valence-corrected chi connectivity index (χ1v) is 12.5. The smallest absolute Gasteiger partial charge is 0.746 e. The SMILES string of the molecule is CCCCCCCCCCCCCCCCCC(=O)N(C)C(C)S(=O)(=O)[O-].[Na+]. The van der Waals surface area contributed by atoms with Gasteiger partial charge in [-0.3, -0.25) is 4.79 Å². The maximum atomic E-state index is 11.9. The summed E-state index contributed by atoms with van der Waals surface area (Å²) < 4.78 is 32.8. The Morgan fingerprint density at radius 2 is 1.11 bits per heavy atom. The zero-order valence-corrected chi connectivity index (χ0v) is 21.7. The van der Waals surface area contributed by atoms with E-state index in [1.165, 1.54) is 91.0 Å². The summed E-state index contributed by atoms with van der Waals surface area (Å²) in [6, 6.07) is 0. The van der Waals surface area contributed by atoms with Gasteiger partial charge < -0.3 is 9.45 Å². The fourth-order valence-corrected chi connectivity index (χ4v) is 3.73. The third kappa shape index (κ3) is 17.3. The summed E-state index contributed by atoms with van der Waals surface area (Å²) >= 11 is 0. The molecular formula is C21H42NNaO4S. The van der Waals surface area contributed by atoms with Crippen LogP contribution in [0.25, 0.3) is 0 Å². The van der Waals surface area contributed by atoms with Gasteiger partial charge in [0.2, 0.25) is 5.91 Å². The first kappa shape index (κ1) is 30.6. The molecule has 7 heteroatoms. The van der Waals surface area contributed by atoms with E-state index in [1.54, 1.807) is 0 Å². The third-order valence-electron chi connectivity index (χ3n) is 5.35. The standard InChI is InChI=1S/C21H43NO4S.Na/c1-4-5-6-7-8-9-10-11-12-13-14-15-16-17-18-19-21(23)22(3)20(2)27(24,25)26;/h20H,4-19H2,1-3H3,(H,24,25,26);/q;+1/p-1. The Kier molecular flexibility index (Phi) is 21.1. The molecule has 28 heavy (non-hydrogen) atoms. The van der Waals surface area contributed by atoms with E-state index in [9.17, 15) is 17.8 Å². The Bertz CT molecular complexity index is 471. The average molecular weight is 428 g/mol. The van der Waals surface area contributed by atoms with Crippen LogP contribution in [0.2, 0.25) is 0 Å². The van der Waals surface area contributed by atoms with E-state index < -0.39 is 15.5 Å². The molecule has 1 atom stereocenters. The summed E-state index contributed by atoms with van der Waals surface area (Å²) in [7, 11) is -3.07. The number of amides is 1. The average Bonchev–Trinajstić information content (AvgIpc) is 2.62. The number of carbonyl (C=O) groups excluding carboxylic acids is 1. The Hall–Kier alpha value is 0.380. The Labute approximate surface area is 196 Å². The van der Waals surface area contributed by atoms with Crippen molar-refractivity contribution in [1.82, 2.24) is 4.90 Å². The van der Waals surface area contributed by atoms with Crippen molar-refractivity contribution in [3.63, 3.8) is 0 Å². The molecule has 0 saturated carbocycles. The van der Waals surface area contributed by atoms with Crippen molar-refractivity contribution in [1.29, 1.82) is 0 Å². The van der Waals surface area contributed by atoms with Crippen molar-refractivity contribution in [3.05, 3.63) is 0 Å². The van der Waals surface area contributed by atoms with E-state index in [2.05, 4.69) is 6.92 Å². The molecule has 0 aliphatic carbocycles. The predicted molar refractivity (Wildman–Crippen MR) is 111 cm³/mol. The van der Waals surface area contributed by atoms with Crippen LogP contribution >= 0.6 is 0 Å². The van der Waals surface area contributed by atoms with Crippen LogP contribution in [0.15, 0.2) is 0 Å². The van der Waals surface area contributed by atoms with Crippen molar-refractivity contribution in [2.24, 2.45) is 0 Å². The molecule has 0 fully saturated rings. The van der Waals surface area contributed by atoms with Gasteiger partial charge in [0.15, 0.2) is 0 Å². The van der Waals surface area contributed by atoms with Crippen LogP contribution < -0.4 is 29.6 Å². The number of hydrogen-bond acceptors (Lipinski definition) is 4. The topological polar surface area (TPSA) is 77.5 Å². The normalized spacial score (nSPS) is 12.4. The fourth-order valence-electron chi connectivity index (χ4n) is 3.22. The van der Waals surface area contributed by atoms with E-state index in [-0.39, 0.29) is 35.5 Å². The van der Waals surface area contributed by atoms with Gasteiger partial charge in [-0.05, 0) is 13.3 Å². The van der Waals surface area contributed by atoms with E-state index in [0.29, 0.717) is 6.42 Å². The number of rotatable bonds is 18. The van der Waals surface area contributed by atoms with Gasteiger partial charge in [0.05, 0.1) is 0 Å². The van der Waals surface area contributed by atoms with Crippen LogP contribution in [0.3, 0.4) is 0 Å². The zero-order chi connectivity index (χ0) is 20.5. The van der Waals surface area contributed by atoms with Crippen molar-refractivity contribution < 1.29 is 47.3 Å². The number of nitrogens with zero attached hydrogens (tertiary/aromatic N) is 1. The molecule has 0 aromatic rings. The van der Waals surface area contributed by atoms with Crippen LogP contribution in [-0.4, -0.2) is 36.2 Å². The molecule has 0 heterocycles. The van der Waals surface area contributed by atoms with Gasteiger partial charge in [0, 0.05) is 13.5 Å². The van der Waals surface area contributed by atoms with E-state index in [4.69, 9.17) is 0 Å². The molecule has 1 amide bonds. The Morgan fingerprint density at radius 3 is 1.43 bits per heavy atom. The van der Waals surface area contributed by atoms with Gasteiger partial charge >= 0.3 is 29.6 Å². The summed E-state index contributed by atoms with van der Waals surface area (Å²) in [5.74, 6) is -0.267.